The zero-order valence-electron chi connectivity index (χ0n) is 12.6. The third-order valence-electron chi connectivity index (χ3n) is 4.11. The topological polar surface area (TPSA) is 92.8 Å². The van der Waals surface area contributed by atoms with E-state index < -0.39 is 11.3 Å². The summed E-state index contributed by atoms with van der Waals surface area (Å²) in [5, 5.41) is 0. The normalized spacial score (nSPS) is 19.6. The summed E-state index contributed by atoms with van der Waals surface area (Å²) in [7, 11) is 0. The van der Waals surface area contributed by atoms with Crippen LogP contribution >= 0.6 is 0 Å². The van der Waals surface area contributed by atoms with Crippen LogP contribution in [0, 0.1) is 5.92 Å². The molecule has 0 aromatic heterocycles. The molecule has 2 fully saturated rings. The van der Waals surface area contributed by atoms with E-state index in [1.165, 1.54) is 25.0 Å². The second kappa shape index (κ2) is 6.67. The van der Waals surface area contributed by atoms with Gasteiger partial charge in [-0.3, -0.25) is 13.8 Å². The summed E-state index contributed by atoms with van der Waals surface area (Å²) in [6.45, 7) is 2.03. The molecule has 124 valence electrons. The van der Waals surface area contributed by atoms with Gasteiger partial charge in [-0.05, 0) is 43.0 Å². The quantitative estimate of drug-likeness (QED) is 0.796. The van der Waals surface area contributed by atoms with Crippen LogP contribution in [0.4, 0.5) is 5.69 Å². The highest BCUT2D eigenvalue weighted by Gasteiger charge is 2.31. The van der Waals surface area contributed by atoms with Crippen molar-refractivity contribution in [3.05, 3.63) is 29.8 Å². The standard InChI is InChI=1S/C15H19N3O4S/c19-14-10-18(8-7-17(14)9-11-1-2-11)15(20)12-3-5-13(6-4-12)16-23(21)22/h3-6,11,16H,1-2,7-10H2,(H,21,22)/p-1. The predicted molar refractivity (Wildman–Crippen MR) is 84.2 cm³/mol. The summed E-state index contributed by atoms with van der Waals surface area (Å²) in [6.07, 6.45) is 2.39. The minimum Gasteiger partial charge on any atom is -0.755 e. The van der Waals surface area contributed by atoms with E-state index in [1.807, 2.05) is 4.90 Å². The van der Waals surface area contributed by atoms with Gasteiger partial charge >= 0.3 is 0 Å². The highest BCUT2D eigenvalue weighted by molar-refractivity contribution is 7.80. The number of amides is 2. The molecule has 1 unspecified atom stereocenters. The van der Waals surface area contributed by atoms with Crippen LogP contribution in [0.3, 0.4) is 0 Å². The average molecular weight is 336 g/mol. The Morgan fingerprint density at radius 3 is 2.52 bits per heavy atom. The summed E-state index contributed by atoms with van der Waals surface area (Å²) in [5.74, 6) is 0.434. The maximum Gasteiger partial charge on any atom is 0.254 e. The highest BCUT2D eigenvalue weighted by Crippen LogP contribution is 2.30. The number of anilines is 1. The third-order valence-corrected chi connectivity index (χ3v) is 4.52. The number of rotatable bonds is 5. The molecule has 23 heavy (non-hydrogen) atoms. The van der Waals surface area contributed by atoms with Crippen molar-refractivity contribution in [1.29, 1.82) is 0 Å². The number of nitrogens with one attached hydrogen (secondary N) is 1. The lowest BCUT2D eigenvalue weighted by Gasteiger charge is -2.34. The van der Waals surface area contributed by atoms with Gasteiger partial charge in [0, 0.05) is 42.2 Å². The molecule has 0 spiro atoms. The molecule has 0 bridgehead atoms. The molecular weight excluding hydrogens is 318 g/mol. The number of hydrogen-bond donors (Lipinski definition) is 1. The summed E-state index contributed by atoms with van der Waals surface area (Å²) in [6, 6.07) is 6.15. The number of carbonyl (C=O) groups excluding carboxylic acids is 2. The monoisotopic (exact) mass is 336 g/mol. The second-order valence-corrected chi connectivity index (χ2v) is 6.60. The van der Waals surface area contributed by atoms with Gasteiger partial charge in [0.25, 0.3) is 5.91 Å². The average Bonchev–Trinajstić information content (AvgIpc) is 3.33. The van der Waals surface area contributed by atoms with E-state index in [9.17, 15) is 18.4 Å². The Morgan fingerprint density at radius 1 is 1.26 bits per heavy atom. The van der Waals surface area contributed by atoms with Crippen LogP contribution in [0.5, 0.6) is 0 Å². The van der Waals surface area contributed by atoms with E-state index >= 15 is 0 Å². The Balaban J connectivity index is 1.59. The number of benzene rings is 1. The first-order chi connectivity index (χ1) is 11.0. The lowest BCUT2D eigenvalue weighted by molar-refractivity contribution is -0.135. The fraction of sp³-hybridized carbons (Fsp3) is 0.467. The predicted octanol–water partition coefficient (Wildman–Crippen LogP) is 0.587. The molecule has 1 N–H and O–H groups in total. The van der Waals surface area contributed by atoms with E-state index in [-0.39, 0.29) is 18.4 Å². The van der Waals surface area contributed by atoms with Crippen molar-refractivity contribution in [2.75, 3.05) is 30.9 Å². The Labute approximate surface area is 137 Å². The minimum absolute atomic E-state index is 0.00321. The fourth-order valence-corrected chi connectivity index (χ4v) is 2.98. The molecule has 1 saturated carbocycles. The molecule has 1 aromatic carbocycles. The fourth-order valence-electron chi connectivity index (χ4n) is 2.65. The molecule has 2 aliphatic rings. The zero-order chi connectivity index (χ0) is 16.4. The van der Waals surface area contributed by atoms with Gasteiger partial charge in [-0.2, -0.15) is 0 Å². The number of nitrogens with zero attached hydrogens (tertiary/aromatic N) is 2. The van der Waals surface area contributed by atoms with E-state index in [4.69, 9.17) is 0 Å². The van der Waals surface area contributed by atoms with Gasteiger partial charge < -0.3 is 19.1 Å². The third kappa shape index (κ3) is 4.08. The SMILES string of the molecule is O=C1CN(C(=O)c2ccc(NS(=O)[O-])cc2)CCN1CC1CC1. The summed E-state index contributed by atoms with van der Waals surface area (Å²) in [4.78, 5) is 28.0. The maximum atomic E-state index is 12.4. The van der Waals surface area contributed by atoms with Crippen molar-refractivity contribution in [2.24, 2.45) is 5.92 Å². The van der Waals surface area contributed by atoms with E-state index in [0.717, 1.165) is 6.54 Å². The smallest absolute Gasteiger partial charge is 0.254 e. The largest absolute Gasteiger partial charge is 0.755 e. The Kier molecular flexibility index (Phi) is 4.63. The molecule has 1 aliphatic heterocycles. The lowest BCUT2D eigenvalue weighted by atomic mass is 10.1. The second-order valence-electron chi connectivity index (χ2n) is 5.92. The zero-order valence-corrected chi connectivity index (χ0v) is 13.4. The van der Waals surface area contributed by atoms with Gasteiger partial charge in [0.2, 0.25) is 5.91 Å². The van der Waals surface area contributed by atoms with E-state index in [1.54, 1.807) is 17.0 Å². The molecule has 1 aliphatic carbocycles. The van der Waals surface area contributed by atoms with Crippen molar-refractivity contribution in [2.45, 2.75) is 12.8 Å². The van der Waals surface area contributed by atoms with Crippen LogP contribution < -0.4 is 4.72 Å². The first kappa shape index (κ1) is 15.9. The van der Waals surface area contributed by atoms with Crippen molar-refractivity contribution < 1.29 is 18.4 Å². The number of carbonyl (C=O) groups is 2. The van der Waals surface area contributed by atoms with Gasteiger partial charge in [0.05, 0.1) is 0 Å². The van der Waals surface area contributed by atoms with E-state index in [2.05, 4.69) is 4.72 Å². The van der Waals surface area contributed by atoms with Crippen LogP contribution in [0.1, 0.15) is 23.2 Å². The van der Waals surface area contributed by atoms with Crippen molar-refractivity contribution in [3.63, 3.8) is 0 Å². The molecule has 1 atom stereocenters. The summed E-state index contributed by atoms with van der Waals surface area (Å²) < 4.78 is 23.3. The highest BCUT2D eigenvalue weighted by atomic mass is 32.2. The van der Waals surface area contributed by atoms with Crippen LogP contribution in [0.15, 0.2) is 24.3 Å². The van der Waals surface area contributed by atoms with Gasteiger partial charge in [-0.1, -0.05) is 0 Å². The molecule has 1 saturated heterocycles. The Morgan fingerprint density at radius 2 is 1.96 bits per heavy atom. The van der Waals surface area contributed by atoms with Gasteiger partial charge in [-0.25, -0.2) is 0 Å². The van der Waals surface area contributed by atoms with Gasteiger partial charge in [0.1, 0.15) is 6.54 Å². The van der Waals surface area contributed by atoms with Crippen LogP contribution in [0.25, 0.3) is 0 Å². The number of piperazine rings is 1. The lowest BCUT2D eigenvalue weighted by Crippen LogP contribution is -2.52. The van der Waals surface area contributed by atoms with Crippen LogP contribution in [-0.4, -0.2) is 56.6 Å². The van der Waals surface area contributed by atoms with Crippen molar-refractivity contribution >= 4 is 28.8 Å². The molecule has 8 heteroatoms. The van der Waals surface area contributed by atoms with E-state index in [0.29, 0.717) is 30.3 Å². The molecule has 0 radical (unpaired) electrons. The summed E-state index contributed by atoms with van der Waals surface area (Å²) in [5.41, 5.74) is 0.830. The Bertz CT molecular complexity index is 630. The Hall–Kier alpha value is -1.93. The molecule has 3 rings (SSSR count). The maximum absolute atomic E-state index is 12.4. The van der Waals surface area contributed by atoms with Crippen molar-refractivity contribution in [3.8, 4) is 0 Å². The molecule has 1 heterocycles. The molecular formula is C15H18N3O4S-. The molecule has 2 amide bonds. The molecule has 7 nitrogen and oxygen atoms in total. The first-order valence-corrected chi connectivity index (χ1v) is 8.63. The van der Waals surface area contributed by atoms with Crippen LogP contribution in [0.2, 0.25) is 0 Å². The first-order valence-electron chi connectivity index (χ1n) is 7.56. The van der Waals surface area contributed by atoms with Gasteiger partial charge in [-0.15, -0.1) is 0 Å². The minimum atomic E-state index is -2.39. The van der Waals surface area contributed by atoms with Crippen LogP contribution in [-0.2, 0) is 16.1 Å². The summed E-state index contributed by atoms with van der Waals surface area (Å²) >= 11 is -2.39. The van der Waals surface area contributed by atoms with Crippen molar-refractivity contribution in [1.82, 2.24) is 9.80 Å². The molecule has 1 aromatic rings. The van der Waals surface area contributed by atoms with Gasteiger partial charge in [0.15, 0.2) is 0 Å². The number of hydrogen-bond acceptors (Lipinski definition) is 4.